The van der Waals surface area contributed by atoms with Gasteiger partial charge in [-0.3, -0.25) is 9.20 Å². The first-order valence-corrected chi connectivity index (χ1v) is 8.43. The topological polar surface area (TPSA) is 85.1 Å². The molecule has 0 amide bonds. The fourth-order valence-electron chi connectivity index (χ4n) is 3.15. The molecule has 0 radical (unpaired) electrons. The minimum atomic E-state index is -0.414. The number of pyridine rings is 1. The highest BCUT2D eigenvalue weighted by atomic mass is 16.5. The van der Waals surface area contributed by atoms with Crippen LogP contribution in [0.2, 0.25) is 0 Å². The van der Waals surface area contributed by atoms with Crippen LogP contribution in [0.15, 0.2) is 41.3 Å². The minimum Gasteiger partial charge on any atom is -0.493 e. The molecule has 0 fully saturated rings. The number of aliphatic hydroxyl groups excluding tert-OH is 1. The van der Waals surface area contributed by atoms with E-state index in [1.54, 1.807) is 18.3 Å². The average molecular weight is 353 g/mol. The van der Waals surface area contributed by atoms with E-state index >= 15 is 0 Å². The maximum absolute atomic E-state index is 12.7. The van der Waals surface area contributed by atoms with E-state index in [0.717, 1.165) is 36.4 Å². The van der Waals surface area contributed by atoms with Crippen molar-refractivity contribution in [2.24, 2.45) is 0 Å². The first-order valence-electron chi connectivity index (χ1n) is 8.43. The molecular weight excluding hydrogens is 334 g/mol. The molecule has 0 bridgehead atoms. The molecule has 134 valence electrons. The van der Waals surface area contributed by atoms with Crippen molar-refractivity contribution in [3.8, 4) is 11.5 Å². The van der Waals surface area contributed by atoms with Crippen LogP contribution in [-0.2, 0) is 13.0 Å². The third-order valence-electron chi connectivity index (χ3n) is 4.46. The van der Waals surface area contributed by atoms with Crippen LogP contribution in [0.25, 0.3) is 5.65 Å². The molecular formula is C19H19N3O4. The Kier molecular flexibility index (Phi) is 4.22. The van der Waals surface area contributed by atoms with Crippen LogP contribution in [0, 0.1) is 0 Å². The molecule has 0 aliphatic carbocycles. The van der Waals surface area contributed by atoms with Crippen LogP contribution in [0.4, 0.5) is 11.5 Å². The van der Waals surface area contributed by atoms with Gasteiger partial charge in [-0.05, 0) is 48.7 Å². The summed E-state index contributed by atoms with van der Waals surface area (Å²) < 4.78 is 12.3. The van der Waals surface area contributed by atoms with Crippen LogP contribution >= 0.6 is 0 Å². The van der Waals surface area contributed by atoms with Gasteiger partial charge >= 0.3 is 0 Å². The van der Waals surface area contributed by atoms with E-state index in [4.69, 9.17) is 9.47 Å². The zero-order chi connectivity index (χ0) is 18.1. The zero-order valence-corrected chi connectivity index (χ0v) is 14.4. The average Bonchev–Trinajstić information content (AvgIpc) is 2.68. The lowest BCUT2D eigenvalue weighted by Crippen LogP contribution is -2.22. The highest BCUT2D eigenvalue weighted by Gasteiger charge is 2.16. The number of benzene rings is 1. The first kappa shape index (κ1) is 16.4. The summed E-state index contributed by atoms with van der Waals surface area (Å²) in [6.45, 7) is 0.319. The van der Waals surface area contributed by atoms with Crippen molar-refractivity contribution in [1.82, 2.24) is 9.38 Å². The Bertz CT molecular complexity index is 1030. The van der Waals surface area contributed by atoms with Gasteiger partial charge in [-0.2, -0.15) is 0 Å². The number of methoxy groups -OCH3 is 1. The van der Waals surface area contributed by atoms with Gasteiger partial charge in [0.05, 0.1) is 25.9 Å². The fourth-order valence-corrected chi connectivity index (χ4v) is 3.15. The van der Waals surface area contributed by atoms with Crippen molar-refractivity contribution < 1.29 is 14.6 Å². The van der Waals surface area contributed by atoms with Crippen LogP contribution in [-0.4, -0.2) is 28.2 Å². The Hall–Kier alpha value is -3.06. The van der Waals surface area contributed by atoms with Crippen molar-refractivity contribution in [1.29, 1.82) is 0 Å². The molecule has 4 rings (SSSR count). The number of hydrogen-bond acceptors (Lipinski definition) is 6. The number of nitrogens with zero attached hydrogens (tertiary/aromatic N) is 2. The lowest BCUT2D eigenvalue weighted by Gasteiger charge is -2.19. The van der Waals surface area contributed by atoms with Crippen molar-refractivity contribution in [2.45, 2.75) is 19.4 Å². The number of aromatic nitrogens is 2. The first-order chi connectivity index (χ1) is 12.7. The SMILES string of the molecule is COc1cccn2c(=O)c(CO)c(Nc3ccc4c(c3)CCCO4)nc12. The van der Waals surface area contributed by atoms with Gasteiger partial charge in [-0.25, -0.2) is 4.98 Å². The molecule has 3 heterocycles. The Balaban J connectivity index is 1.82. The molecule has 0 unspecified atom stereocenters. The van der Waals surface area contributed by atoms with E-state index in [-0.39, 0.29) is 11.1 Å². The van der Waals surface area contributed by atoms with Gasteiger partial charge in [0.15, 0.2) is 11.4 Å². The summed E-state index contributed by atoms with van der Waals surface area (Å²) in [7, 11) is 1.53. The molecule has 0 spiro atoms. The number of nitrogens with one attached hydrogen (secondary N) is 1. The van der Waals surface area contributed by atoms with Crippen molar-refractivity contribution in [2.75, 3.05) is 19.0 Å². The maximum atomic E-state index is 12.7. The number of fused-ring (bicyclic) bond motifs is 2. The van der Waals surface area contributed by atoms with Gasteiger partial charge in [0.1, 0.15) is 11.6 Å². The summed E-state index contributed by atoms with van der Waals surface area (Å²) in [4.78, 5) is 17.2. The summed E-state index contributed by atoms with van der Waals surface area (Å²) in [5.74, 6) is 1.69. The number of hydrogen-bond donors (Lipinski definition) is 2. The molecule has 2 N–H and O–H groups in total. The van der Waals surface area contributed by atoms with Crippen molar-refractivity contribution in [3.05, 3.63) is 58.0 Å². The second kappa shape index (κ2) is 6.68. The Labute approximate surface area is 149 Å². The normalized spacial score (nSPS) is 13.2. The maximum Gasteiger partial charge on any atom is 0.265 e. The fraction of sp³-hybridized carbons (Fsp3) is 0.263. The molecule has 2 aromatic heterocycles. The molecule has 3 aromatic rings. The molecule has 0 atom stereocenters. The molecule has 7 heteroatoms. The van der Waals surface area contributed by atoms with Gasteiger partial charge in [0, 0.05) is 11.9 Å². The number of rotatable bonds is 4. The van der Waals surface area contributed by atoms with E-state index in [0.29, 0.717) is 17.2 Å². The van der Waals surface area contributed by atoms with Crippen LogP contribution in [0.1, 0.15) is 17.5 Å². The van der Waals surface area contributed by atoms with E-state index in [1.807, 2.05) is 18.2 Å². The summed E-state index contributed by atoms with van der Waals surface area (Å²) in [5, 5.41) is 12.9. The lowest BCUT2D eigenvalue weighted by atomic mass is 10.1. The highest BCUT2D eigenvalue weighted by Crippen LogP contribution is 2.29. The lowest BCUT2D eigenvalue weighted by molar-refractivity contribution is 0.280. The molecule has 26 heavy (non-hydrogen) atoms. The Morgan fingerprint density at radius 2 is 2.27 bits per heavy atom. The molecule has 0 saturated heterocycles. The van der Waals surface area contributed by atoms with Crippen molar-refractivity contribution in [3.63, 3.8) is 0 Å². The van der Waals surface area contributed by atoms with Gasteiger partial charge < -0.3 is 19.9 Å². The Morgan fingerprint density at radius 3 is 3.08 bits per heavy atom. The van der Waals surface area contributed by atoms with Crippen LogP contribution < -0.4 is 20.3 Å². The van der Waals surface area contributed by atoms with E-state index in [1.165, 1.54) is 11.5 Å². The Morgan fingerprint density at radius 1 is 1.38 bits per heavy atom. The number of anilines is 2. The molecule has 1 aromatic carbocycles. The predicted octanol–water partition coefficient (Wildman–Crippen LogP) is 2.26. The second-order valence-corrected chi connectivity index (χ2v) is 6.07. The predicted molar refractivity (Wildman–Crippen MR) is 97.5 cm³/mol. The van der Waals surface area contributed by atoms with Crippen molar-refractivity contribution >= 4 is 17.2 Å². The standard InChI is InChI=1S/C19H19N3O4/c1-25-16-5-2-8-22-18(16)21-17(14(11-23)19(22)24)20-13-6-7-15-12(10-13)4-3-9-26-15/h2,5-8,10,20,23H,3-4,9,11H2,1H3. The molecule has 7 nitrogen and oxygen atoms in total. The quantitative estimate of drug-likeness (QED) is 0.748. The summed E-state index contributed by atoms with van der Waals surface area (Å²) >= 11 is 0. The molecule has 0 saturated carbocycles. The van der Waals surface area contributed by atoms with Gasteiger partial charge in [0.2, 0.25) is 0 Å². The minimum absolute atomic E-state index is 0.199. The third-order valence-corrected chi connectivity index (χ3v) is 4.46. The van der Waals surface area contributed by atoms with Gasteiger partial charge in [-0.1, -0.05) is 0 Å². The zero-order valence-electron chi connectivity index (χ0n) is 14.4. The van der Waals surface area contributed by atoms with E-state index in [9.17, 15) is 9.90 Å². The molecule has 1 aliphatic heterocycles. The highest BCUT2D eigenvalue weighted by molar-refractivity contribution is 5.66. The smallest absolute Gasteiger partial charge is 0.265 e. The second-order valence-electron chi connectivity index (χ2n) is 6.07. The van der Waals surface area contributed by atoms with Crippen LogP contribution in [0.5, 0.6) is 11.5 Å². The van der Waals surface area contributed by atoms with E-state index < -0.39 is 6.61 Å². The van der Waals surface area contributed by atoms with Crippen LogP contribution in [0.3, 0.4) is 0 Å². The summed E-state index contributed by atoms with van der Waals surface area (Å²) in [6, 6.07) is 9.20. The summed E-state index contributed by atoms with van der Waals surface area (Å²) in [5.41, 5.74) is 2.16. The van der Waals surface area contributed by atoms with Gasteiger partial charge in [0.25, 0.3) is 5.56 Å². The van der Waals surface area contributed by atoms with Gasteiger partial charge in [-0.15, -0.1) is 0 Å². The summed E-state index contributed by atoms with van der Waals surface area (Å²) in [6.07, 6.45) is 3.52. The number of aryl methyl sites for hydroxylation is 1. The number of aliphatic hydroxyl groups is 1. The third kappa shape index (κ3) is 2.76. The monoisotopic (exact) mass is 353 g/mol. The largest absolute Gasteiger partial charge is 0.493 e. The molecule has 1 aliphatic rings. The van der Waals surface area contributed by atoms with E-state index in [2.05, 4.69) is 10.3 Å². The number of ether oxygens (including phenoxy) is 2.